The van der Waals surface area contributed by atoms with Gasteiger partial charge in [-0.25, -0.2) is 0 Å². The van der Waals surface area contributed by atoms with Crippen molar-refractivity contribution in [3.63, 3.8) is 0 Å². The molecule has 0 aromatic carbocycles. The van der Waals surface area contributed by atoms with Crippen molar-refractivity contribution >= 4 is 5.91 Å². The summed E-state index contributed by atoms with van der Waals surface area (Å²) in [6, 6.07) is 0. The fourth-order valence-electron chi connectivity index (χ4n) is 2.35. The van der Waals surface area contributed by atoms with Gasteiger partial charge in [-0.15, -0.1) is 0 Å². The molecule has 1 rings (SSSR count). The molecule has 0 aliphatic heterocycles. The van der Waals surface area contributed by atoms with Crippen LogP contribution in [0.4, 0.5) is 0 Å². The van der Waals surface area contributed by atoms with E-state index in [1.807, 2.05) is 4.90 Å². The first-order valence-electron chi connectivity index (χ1n) is 8.37. The van der Waals surface area contributed by atoms with Crippen molar-refractivity contribution < 1.29 is 9.90 Å². The number of amides is 1. The molecule has 118 valence electrons. The first-order chi connectivity index (χ1) is 9.77. The largest absolute Gasteiger partial charge is 0.396 e. The molecule has 0 atom stereocenters. The number of unbranched alkanes of at least 4 members (excludes halogenated alkanes) is 4. The fourth-order valence-corrected chi connectivity index (χ4v) is 2.35. The summed E-state index contributed by atoms with van der Waals surface area (Å²) in [7, 11) is 0. The summed E-state index contributed by atoms with van der Waals surface area (Å²) < 4.78 is 0. The molecule has 1 aliphatic carbocycles. The van der Waals surface area contributed by atoms with E-state index in [0.717, 1.165) is 25.4 Å². The molecule has 0 unspecified atom stereocenters. The lowest BCUT2D eigenvalue weighted by Crippen LogP contribution is -2.40. The molecule has 0 saturated heterocycles. The second kappa shape index (κ2) is 11.1. The molecule has 0 bridgehead atoms. The highest BCUT2D eigenvalue weighted by Crippen LogP contribution is 2.27. The van der Waals surface area contributed by atoms with E-state index in [0.29, 0.717) is 19.5 Å². The third-order valence-electron chi connectivity index (χ3n) is 3.88. The van der Waals surface area contributed by atoms with Gasteiger partial charge < -0.3 is 15.3 Å². The van der Waals surface area contributed by atoms with Crippen molar-refractivity contribution in [2.24, 2.45) is 5.92 Å². The second-order valence-electron chi connectivity index (χ2n) is 5.95. The lowest BCUT2D eigenvalue weighted by Gasteiger charge is -2.22. The molecule has 0 radical (unpaired) electrons. The van der Waals surface area contributed by atoms with Crippen molar-refractivity contribution in [1.82, 2.24) is 10.2 Å². The molecule has 1 aliphatic rings. The lowest BCUT2D eigenvalue weighted by molar-refractivity contribution is -0.130. The third-order valence-corrected chi connectivity index (χ3v) is 3.88. The summed E-state index contributed by atoms with van der Waals surface area (Å²) in [4.78, 5) is 14.1. The number of carbonyl (C=O) groups excluding carboxylic acids is 1. The average Bonchev–Trinajstić information content (AvgIpc) is 3.26. The van der Waals surface area contributed by atoms with Gasteiger partial charge in [0.1, 0.15) is 0 Å². The molecular weight excluding hydrogens is 252 g/mol. The zero-order chi connectivity index (χ0) is 14.6. The predicted molar refractivity (Wildman–Crippen MR) is 82.6 cm³/mol. The zero-order valence-corrected chi connectivity index (χ0v) is 13.1. The molecule has 1 fully saturated rings. The number of carbonyl (C=O) groups is 1. The number of hydrogen-bond donors (Lipinski definition) is 2. The molecule has 0 aromatic rings. The smallest absolute Gasteiger partial charge is 0.236 e. The second-order valence-corrected chi connectivity index (χ2v) is 5.95. The molecule has 1 amide bonds. The van der Waals surface area contributed by atoms with E-state index >= 15 is 0 Å². The number of aliphatic hydroxyl groups excluding tert-OH is 1. The lowest BCUT2D eigenvalue weighted by atomic mass is 10.1. The summed E-state index contributed by atoms with van der Waals surface area (Å²) in [6.45, 7) is 5.34. The zero-order valence-electron chi connectivity index (χ0n) is 13.1. The molecule has 1 saturated carbocycles. The van der Waals surface area contributed by atoms with Crippen molar-refractivity contribution in [2.75, 3.05) is 32.8 Å². The molecule has 0 spiro atoms. The van der Waals surface area contributed by atoms with Crippen molar-refractivity contribution in [1.29, 1.82) is 0 Å². The van der Waals surface area contributed by atoms with Crippen molar-refractivity contribution in [3.8, 4) is 0 Å². The van der Waals surface area contributed by atoms with Gasteiger partial charge in [0.15, 0.2) is 0 Å². The summed E-state index contributed by atoms with van der Waals surface area (Å²) in [6.07, 6.45) is 9.39. The first kappa shape index (κ1) is 17.4. The van der Waals surface area contributed by atoms with E-state index < -0.39 is 0 Å². The van der Waals surface area contributed by atoms with Gasteiger partial charge in [-0.3, -0.25) is 4.79 Å². The Bertz CT molecular complexity index is 255. The monoisotopic (exact) mass is 284 g/mol. The van der Waals surface area contributed by atoms with Crippen LogP contribution in [0.2, 0.25) is 0 Å². The van der Waals surface area contributed by atoms with Gasteiger partial charge in [-0.2, -0.15) is 0 Å². The van der Waals surface area contributed by atoms with Crippen LogP contribution in [0.15, 0.2) is 0 Å². The Morgan fingerprint density at radius 1 is 1.15 bits per heavy atom. The minimum absolute atomic E-state index is 0.162. The Kier molecular flexibility index (Phi) is 9.67. The summed E-state index contributed by atoms with van der Waals surface area (Å²) in [5, 5.41) is 12.2. The van der Waals surface area contributed by atoms with Crippen LogP contribution < -0.4 is 5.32 Å². The molecule has 0 heterocycles. The highest BCUT2D eigenvalue weighted by molar-refractivity contribution is 5.78. The maximum atomic E-state index is 12.2. The molecule has 20 heavy (non-hydrogen) atoms. The van der Waals surface area contributed by atoms with Crippen LogP contribution in [-0.4, -0.2) is 48.7 Å². The topological polar surface area (TPSA) is 52.6 Å². The third kappa shape index (κ3) is 8.54. The Morgan fingerprint density at radius 2 is 1.85 bits per heavy atom. The van der Waals surface area contributed by atoms with E-state index in [-0.39, 0.29) is 12.5 Å². The van der Waals surface area contributed by atoms with Crippen LogP contribution in [0.1, 0.15) is 58.3 Å². The van der Waals surface area contributed by atoms with Gasteiger partial charge in [0.25, 0.3) is 0 Å². The highest BCUT2D eigenvalue weighted by Gasteiger charge is 2.21. The Morgan fingerprint density at radius 3 is 2.50 bits per heavy atom. The standard InChI is InChI=1S/C16H32N2O2/c1-2-3-4-5-6-10-18(11-7-12-19)16(20)14-17-13-15-8-9-15/h15,17,19H,2-14H2,1H3. The van der Waals surface area contributed by atoms with Crippen molar-refractivity contribution in [3.05, 3.63) is 0 Å². The van der Waals surface area contributed by atoms with E-state index in [1.165, 1.54) is 38.5 Å². The minimum Gasteiger partial charge on any atom is -0.396 e. The molecule has 4 heteroatoms. The highest BCUT2D eigenvalue weighted by atomic mass is 16.3. The van der Waals surface area contributed by atoms with Gasteiger partial charge >= 0.3 is 0 Å². The number of hydrogen-bond acceptors (Lipinski definition) is 3. The fraction of sp³-hybridized carbons (Fsp3) is 0.938. The van der Waals surface area contributed by atoms with Gasteiger partial charge in [0, 0.05) is 19.7 Å². The van der Waals surface area contributed by atoms with E-state index in [9.17, 15) is 4.79 Å². The summed E-state index contributed by atoms with van der Waals surface area (Å²) >= 11 is 0. The van der Waals surface area contributed by atoms with Crippen LogP contribution in [-0.2, 0) is 4.79 Å². The maximum absolute atomic E-state index is 12.2. The van der Waals surface area contributed by atoms with E-state index in [1.54, 1.807) is 0 Å². The normalized spacial score (nSPS) is 14.5. The SMILES string of the molecule is CCCCCCCN(CCCO)C(=O)CNCC1CC1. The Balaban J connectivity index is 2.15. The number of aliphatic hydroxyl groups is 1. The van der Waals surface area contributed by atoms with E-state index in [4.69, 9.17) is 5.11 Å². The van der Waals surface area contributed by atoms with Gasteiger partial charge in [0.2, 0.25) is 5.91 Å². The van der Waals surface area contributed by atoms with Gasteiger partial charge in [0.05, 0.1) is 6.54 Å². The van der Waals surface area contributed by atoms with E-state index in [2.05, 4.69) is 12.2 Å². The first-order valence-corrected chi connectivity index (χ1v) is 8.37. The van der Waals surface area contributed by atoms with Crippen LogP contribution >= 0.6 is 0 Å². The predicted octanol–water partition coefficient (Wildman–Crippen LogP) is 2.17. The molecule has 0 aromatic heterocycles. The van der Waals surface area contributed by atoms with Crippen LogP contribution in [0.25, 0.3) is 0 Å². The average molecular weight is 284 g/mol. The molecule has 4 nitrogen and oxygen atoms in total. The maximum Gasteiger partial charge on any atom is 0.236 e. The minimum atomic E-state index is 0.162. The van der Waals surface area contributed by atoms with Gasteiger partial charge in [-0.1, -0.05) is 32.6 Å². The molecule has 2 N–H and O–H groups in total. The van der Waals surface area contributed by atoms with Gasteiger partial charge in [-0.05, 0) is 38.1 Å². The summed E-state index contributed by atoms with van der Waals surface area (Å²) in [5.74, 6) is 0.998. The number of nitrogens with zero attached hydrogens (tertiary/aromatic N) is 1. The number of nitrogens with one attached hydrogen (secondary N) is 1. The van der Waals surface area contributed by atoms with Crippen LogP contribution in [0, 0.1) is 5.92 Å². The number of rotatable bonds is 13. The van der Waals surface area contributed by atoms with Crippen LogP contribution in [0.3, 0.4) is 0 Å². The Labute approximate surface area is 123 Å². The Hall–Kier alpha value is -0.610. The van der Waals surface area contributed by atoms with Crippen LogP contribution in [0.5, 0.6) is 0 Å². The molecular formula is C16H32N2O2. The van der Waals surface area contributed by atoms with Crippen molar-refractivity contribution in [2.45, 2.75) is 58.3 Å². The summed E-state index contributed by atoms with van der Waals surface area (Å²) in [5.41, 5.74) is 0. The quantitative estimate of drug-likeness (QED) is 0.510.